The number of Topliss-reactive ketones (excluding diaryl/α,β-unsaturated/α-hetero) is 1. The van der Waals surface area contributed by atoms with Crippen LogP contribution in [0.5, 0.6) is 0 Å². The minimum atomic E-state index is -0.731. The molecule has 0 unspecified atom stereocenters. The molecule has 2 N–H and O–H groups in total. The second-order valence-corrected chi connectivity index (χ2v) is 5.98. The summed E-state index contributed by atoms with van der Waals surface area (Å²) in [4.78, 5) is 27.5. The zero-order valence-corrected chi connectivity index (χ0v) is 13.6. The first kappa shape index (κ1) is 15.6. The number of carbonyl (C=O) groups excluding carboxylic acids is 2. The van der Waals surface area contributed by atoms with Crippen LogP contribution in [0.2, 0.25) is 10.0 Å². The number of amides is 1. The molecule has 116 valence electrons. The number of rotatable bonds is 3. The van der Waals surface area contributed by atoms with Crippen LogP contribution in [-0.2, 0) is 4.79 Å². The molecule has 1 heterocycles. The number of hydrogen-bond donors (Lipinski definition) is 2. The van der Waals surface area contributed by atoms with Crippen LogP contribution in [0, 0.1) is 6.92 Å². The Morgan fingerprint density at radius 2 is 1.87 bits per heavy atom. The van der Waals surface area contributed by atoms with E-state index >= 15 is 0 Å². The Morgan fingerprint density at radius 1 is 1.09 bits per heavy atom. The Labute approximate surface area is 142 Å². The lowest BCUT2D eigenvalue weighted by Gasteiger charge is -2.06. The zero-order chi connectivity index (χ0) is 16.6. The van der Waals surface area contributed by atoms with Crippen LogP contribution in [0.3, 0.4) is 0 Å². The van der Waals surface area contributed by atoms with Gasteiger partial charge in [0.05, 0.1) is 5.56 Å². The van der Waals surface area contributed by atoms with Crippen LogP contribution >= 0.6 is 23.2 Å². The van der Waals surface area contributed by atoms with Crippen LogP contribution in [0.15, 0.2) is 42.6 Å². The maximum Gasteiger partial charge on any atom is 0.296 e. The topological polar surface area (TPSA) is 62.0 Å². The van der Waals surface area contributed by atoms with E-state index in [4.69, 9.17) is 23.2 Å². The van der Waals surface area contributed by atoms with Crippen LogP contribution in [0.4, 0.5) is 5.69 Å². The van der Waals surface area contributed by atoms with E-state index in [-0.39, 0.29) is 5.56 Å². The third-order valence-corrected chi connectivity index (χ3v) is 4.17. The molecule has 4 nitrogen and oxygen atoms in total. The average Bonchev–Trinajstić information content (AvgIpc) is 2.93. The highest BCUT2D eigenvalue weighted by atomic mass is 35.5. The summed E-state index contributed by atoms with van der Waals surface area (Å²) in [5.41, 5.74) is 2.38. The first-order valence-corrected chi connectivity index (χ1v) is 7.60. The number of ketones is 1. The molecule has 1 aromatic heterocycles. The van der Waals surface area contributed by atoms with Crippen molar-refractivity contribution in [2.75, 3.05) is 5.32 Å². The number of H-pyrrole nitrogens is 1. The van der Waals surface area contributed by atoms with Crippen molar-refractivity contribution in [3.8, 4) is 0 Å². The molecule has 23 heavy (non-hydrogen) atoms. The van der Waals surface area contributed by atoms with Crippen molar-refractivity contribution in [1.82, 2.24) is 4.98 Å². The molecule has 3 rings (SSSR count). The van der Waals surface area contributed by atoms with Gasteiger partial charge in [-0.1, -0.05) is 29.3 Å². The van der Waals surface area contributed by atoms with Gasteiger partial charge >= 0.3 is 0 Å². The summed E-state index contributed by atoms with van der Waals surface area (Å²) in [6, 6.07) is 10.2. The number of fused-ring (bicyclic) bond motifs is 1. The number of aryl methyl sites for hydroxylation is 1. The predicted octanol–water partition coefficient (Wildman–Crippen LogP) is 4.60. The Kier molecular flexibility index (Phi) is 4.11. The third-order valence-electron chi connectivity index (χ3n) is 3.52. The molecular formula is C17H12Cl2N2O2. The smallest absolute Gasteiger partial charge is 0.296 e. The van der Waals surface area contributed by atoms with Gasteiger partial charge in [0.15, 0.2) is 0 Å². The van der Waals surface area contributed by atoms with E-state index in [0.717, 1.165) is 11.1 Å². The molecule has 0 aliphatic heterocycles. The maximum absolute atomic E-state index is 12.4. The summed E-state index contributed by atoms with van der Waals surface area (Å²) in [5, 5.41) is 4.19. The second kappa shape index (κ2) is 6.07. The molecule has 0 aliphatic carbocycles. The summed E-state index contributed by atoms with van der Waals surface area (Å²) >= 11 is 12.0. The zero-order valence-electron chi connectivity index (χ0n) is 12.1. The van der Waals surface area contributed by atoms with E-state index in [1.165, 1.54) is 6.20 Å². The van der Waals surface area contributed by atoms with Crippen molar-refractivity contribution in [3.05, 3.63) is 63.8 Å². The van der Waals surface area contributed by atoms with E-state index in [2.05, 4.69) is 10.3 Å². The summed E-state index contributed by atoms with van der Waals surface area (Å²) in [7, 11) is 0. The van der Waals surface area contributed by atoms with Gasteiger partial charge in [0, 0.05) is 32.8 Å². The highest BCUT2D eigenvalue weighted by Gasteiger charge is 2.20. The van der Waals surface area contributed by atoms with Gasteiger partial charge in [-0.15, -0.1) is 0 Å². The molecule has 2 aromatic carbocycles. The van der Waals surface area contributed by atoms with Gasteiger partial charge in [0.25, 0.3) is 11.7 Å². The fourth-order valence-corrected chi connectivity index (χ4v) is 2.61. The van der Waals surface area contributed by atoms with Crippen molar-refractivity contribution in [1.29, 1.82) is 0 Å². The molecule has 3 aromatic rings. The fourth-order valence-electron chi connectivity index (χ4n) is 2.26. The Balaban J connectivity index is 1.87. The summed E-state index contributed by atoms with van der Waals surface area (Å²) in [6.07, 6.45) is 1.50. The fraction of sp³-hybridized carbons (Fsp3) is 0.0588. The minimum absolute atomic E-state index is 0.276. The normalized spacial score (nSPS) is 10.7. The van der Waals surface area contributed by atoms with Gasteiger partial charge < -0.3 is 10.3 Å². The maximum atomic E-state index is 12.4. The quantitative estimate of drug-likeness (QED) is 0.537. The molecule has 0 aliphatic rings. The van der Waals surface area contributed by atoms with E-state index in [0.29, 0.717) is 21.1 Å². The standard InChI is InChI=1S/C17H12Cl2N2O2/c1-9-2-4-11(7-14(9)19)21-17(23)16(22)13-8-20-15-5-3-10(18)6-12(13)15/h2-8,20H,1H3,(H,21,23). The van der Waals surface area contributed by atoms with Gasteiger partial charge in [0.2, 0.25) is 0 Å². The predicted molar refractivity (Wildman–Crippen MR) is 92.5 cm³/mol. The van der Waals surface area contributed by atoms with Crippen molar-refractivity contribution >= 4 is 51.5 Å². The van der Waals surface area contributed by atoms with Crippen molar-refractivity contribution in [2.45, 2.75) is 6.92 Å². The van der Waals surface area contributed by atoms with E-state index in [9.17, 15) is 9.59 Å². The molecule has 1 amide bonds. The van der Waals surface area contributed by atoms with Crippen molar-refractivity contribution in [2.24, 2.45) is 0 Å². The van der Waals surface area contributed by atoms with E-state index in [1.54, 1.807) is 36.4 Å². The molecule has 6 heteroatoms. The van der Waals surface area contributed by atoms with Gasteiger partial charge in [-0.2, -0.15) is 0 Å². The molecule has 0 atom stereocenters. The van der Waals surface area contributed by atoms with Gasteiger partial charge in [0.1, 0.15) is 0 Å². The van der Waals surface area contributed by atoms with E-state index < -0.39 is 11.7 Å². The number of hydrogen-bond acceptors (Lipinski definition) is 2. The lowest BCUT2D eigenvalue weighted by atomic mass is 10.1. The van der Waals surface area contributed by atoms with Crippen LogP contribution in [0.25, 0.3) is 10.9 Å². The number of benzene rings is 2. The number of carbonyl (C=O) groups is 2. The summed E-state index contributed by atoms with van der Waals surface area (Å²) < 4.78 is 0. The third kappa shape index (κ3) is 3.09. The van der Waals surface area contributed by atoms with Gasteiger partial charge in [-0.05, 0) is 42.8 Å². The first-order chi connectivity index (χ1) is 11.0. The summed E-state index contributed by atoms with van der Waals surface area (Å²) in [6.45, 7) is 1.86. The number of halogens is 2. The Hall–Kier alpha value is -2.30. The number of anilines is 1. The van der Waals surface area contributed by atoms with E-state index in [1.807, 2.05) is 6.92 Å². The summed E-state index contributed by atoms with van der Waals surface area (Å²) in [5.74, 6) is -1.37. The monoisotopic (exact) mass is 346 g/mol. The van der Waals surface area contributed by atoms with Crippen LogP contribution in [-0.4, -0.2) is 16.7 Å². The molecule has 0 saturated heterocycles. The van der Waals surface area contributed by atoms with Gasteiger partial charge in [-0.3, -0.25) is 9.59 Å². The van der Waals surface area contributed by atoms with Crippen LogP contribution < -0.4 is 5.32 Å². The van der Waals surface area contributed by atoms with Crippen LogP contribution in [0.1, 0.15) is 15.9 Å². The lowest BCUT2D eigenvalue weighted by molar-refractivity contribution is -0.112. The Bertz CT molecular complexity index is 931. The largest absolute Gasteiger partial charge is 0.360 e. The molecule has 0 radical (unpaired) electrons. The first-order valence-electron chi connectivity index (χ1n) is 6.84. The number of aromatic nitrogens is 1. The highest BCUT2D eigenvalue weighted by molar-refractivity contribution is 6.48. The molecule has 0 spiro atoms. The van der Waals surface area contributed by atoms with Crippen molar-refractivity contribution < 1.29 is 9.59 Å². The molecule has 0 bridgehead atoms. The highest BCUT2D eigenvalue weighted by Crippen LogP contribution is 2.24. The SMILES string of the molecule is Cc1ccc(NC(=O)C(=O)c2c[nH]c3ccc(Cl)cc23)cc1Cl. The molecular weight excluding hydrogens is 335 g/mol. The Morgan fingerprint density at radius 3 is 2.61 bits per heavy atom. The average molecular weight is 347 g/mol. The second-order valence-electron chi connectivity index (χ2n) is 5.14. The minimum Gasteiger partial charge on any atom is -0.360 e. The van der Waals surface area contributed by atoms with Gasteiger partial charge in [-0.25, -0.2) is 0 Å². The lowest BCUT2D eigenvalue weighted by Crippen LogP contribution is -2.22. The molecule has 0 fully saturated rings. The number of nitrogens with one attached hydrogen (secondary N) is 2. The van der Waals surface area contributed by atoms with Crippen molar-refractivity contribution in [3.63, 3.8) is 0 Å². The number of aromatic amines is 1. The molecule has 0 saturated carbocycles.